The van der Waals surface area contributed by atoms with Crippen LogP contribution in [0.5, 0.6) is 0 Å². The van der Waals surface area contributed by atoms with Gasteiger partial charge in [0.25, 0.3) is 0 Å². The summed E-state index contributed by atoms with van der Waals surface area (Å²) in [5, 5.41) is 0. The Bertz CT molecular complexity index is 72.9. The summed E-state index contributed by atoms with van der Waals surface area (Å²) < 4.78 is 5.01. The number of hydrogen-bond acceptors (Lipinski definition) is 2. The molecule has 0 aromatic rings. The van der Waals surface area contributed by atoms with E-state index < -0.39 is 0 Å². The van der Waals surface area contributed by atoms with Crippen molar-refractivity contribution in [3.63, 3.8) is 0 Å². The zero-order valence-electron chi connectivity index (χ0n) is 8.51. The van der Waals surface area contributed by atoms with Gasteiger partial charge >= 0.3 is 0 Å². The maximum atomic E-state index is 5.01. The van der Waals surface area contributed by atoms with Crippen LogP contribution in [0, 0.1) is 0 Å². The molecule has 76 valence electrons. The third-order valence-corrected chi connectivity index (χ3v) is 1.89. The lowest BCUT2D eigenvalue weighted by Gasteiger charge is -2.18. The van der Waals surface area contributed by atoms with E-state index in [9.17, 15) is 0 Å². The fraction of sp³-hybridized carbons (Fsp3) is 1.00. The third kappa shape index (κ3) is 8.31. The zero-order valence-corrected chi connectivity index (χ0v) is 9.32. The Kier molecular flexibility index (Phi) is 13.7. The molecule has 0 heterocycles. The predicted octanol–water partition coefficient (Wildman–Crippen LogP) is 2.18. The molecule has 0 aliphatic carbocycles. The first-order valence-electron chi connectivity index (χ1n) is 4.56. The van der Waals surface area contributed by atoms with Crippen molar-refractivity contribution in [2.75, 3.05) is 33.4 Å². The van der Waals surface area contributed by atoms with E-state index in [-0.39, 0.29) is 12.4 Å². The van der Waals surface area contributed by atoms with Crippen molar-refractivity contribution in [2.45, 2.75) is 26.7 Å². The number of hydrogen-bond donors (Lipinski definition) is 0. The Hall–Kier alpha value is 0.210. The molecule has 0 fully saturated rings. The molecule has 3 heteroatoms. The van der Waals surface area contributed by atoms with E-state index in [1.807, 2.05) is 0 Å². The summed E-state index contributed by atoms with van der Waals surface area (Å²) in [5.74, 6) is 0. The first-order chi connectivity index (χ1) is 5.35. The molecule has 0 saturated heterocycles. The topological polar surface area (TPSA) is 12.5 Å². The fourth-order valence-corrected chi connectivity index (χ4v) is 1.03. The van der Waals surface area contributed by atoms with Crippen LogP contribution in [0.25, 0.3) is 0 Å². The van der Waals surface area contributed by atoms with Gasteiger partial charge in [0.05, 0.1) is 6.61 Å². The Morgan fingerprint density at radius 1 is 1.17 bits per heavy atom. The van der Waals surface area contributed by atoms with Crippen LogP contribution in [0.15, 0.2) is 0 Å². The lowest BCUT2D eigenvalue weighted by molar-refractivity contribution is 0.150. The molecule has 2 nitrogen and oxygen atoms in total. The maximum Gasteiger partial charge on any atom is 0.0589 e. The summed E-state index contributed by atoms with van der Waals surface area (Å²) in [5.41, 5.74) is 0. The van der Waals surface area contributed by atoms with E-state index in [2.05, 4.69) is 18.7 Å². The van der Waals surface area contributed by atoms with Crippen LogP contribution in [0.2, 0.25) is 0 Å². The number of halogens is 1. The summed E-state index contributed by atoms with van der Waals surface area (Å²) in [6.07, 6.45) is 2.58. The minimum atomic E-state index is 0. The number of methoxy groups -OCH3 is 1. The van der Waals surface area contributed by atoms with Crippen molar-refractivity contribution < 1.29 is 4.74 Å². The normalized spacial score (nSPS) is 10.0. The van der Waals surface area contributed by atoms with Crippen molar-refractivity contribution in [1.29, 1.82) is 0 Å². The monoisotopic (exact) mass is 195 g/mol. The molecule has 0 spiro atoms. The molecule has 0 aromatic heterocycles. The molecule has 0 aromatic carbocycles. The summed E-state index contributed by atoms with van der Waals surface area (Å²) in [7, 11) is 1.76. The summed E-state index contributed by atoms with van der Waals surface area (Å²) in [4.78, 5) is 2.42. The molecule has 0 amide bonds. The van der Waals surface area contributed by atoms with Crippen LogP contribution >= 0.6 is 12.4 Å². The number of likely N-dealkylation sites (N-methyl/N-ethyl adjacent to an activating group) is 1. The van der Waals surface area contributed by atoms with Gasteiger partial charge in [-0.1, -0.05) is 20.3 Å². The Labute approximate surface area is 82.7 Å². The summed E-state index contributed by atoms with van der Waals surface area (Å²) in [6, 6.07) is 0. The van der Waals surface area contributed by atoms with Crippen molar-refractivity contribution in [3.8, 4) is 0 Å². The van der Waals surface area contributed by atoms with Crippen LogP contribution in [-0.4, -0.2) is 38.3 Å². The molecule has 0 bridgehead atoms. The van der Waals surface area contributed by atoms with Gasteiger partial charge in [0.2, 0.25) is 0 Å². The molecule has 0 radical (unpaired) electrons. The molecule has 0 aliphatic heterocycles. The van der Waals surface area contributed by atoms with Gasteiger partial charge in [-0.25, -0.2) is 0 Å². The predicted molar refractivity (Wildman–Crippen MR) is 56.1 cm³/mol. The zero-order chi connectivity index (χ0) is 8.53. The van der Waals surface area contributed by atoms with Crippen molar-refractivity contribution in [2.24, 2.45) is 0 Å². The Morgan fingerprint density at radius 3 is 2.25 bits per heavy atom. The number of unbranched alkanes of at least 4 members (excludes halogenated alkanes) is 1. The van der Waals surface area contributed by atoms with E-state index in [4.69, 9.17) is 4.74 Å². The molecule has 12 heavy (non-hydrogen) atoms. The molecule has 0 rings (SSSR count). The van der Waals surface area contributed by atoms with E-state index in [0.717, 1.165) is 19.7 Å². The largest absolute Gasteiger partial charge is 0.383 e. The Balaban J connectivity index is 0. The average molecular weight is 196 g/mol. The highest BCUT2D eigenvalue weighted by molar-refractivity contribution is 5.85. The van der Waals surface area contributed by atoms with Crippen LogP contribution in [0.3, 0.4) is 0 Å². The number of rotatable bonds is 7. The van der Waals surface area contributed by atoms with Gasteiger partial charge < -0.3 is 9.64 Å². The molecule has 0 atom stereocenters. The van der Waals surface area contributed by atoms with Gasteiger partial charge in [0.15, 0.2) is 0 Å². The number of nitrogens with zero attached hydrogens (tertiary/aromatic N) is 1. The van der Waals surface area contributed by atoms with Gasteiger partial charge in [-0.2, -0.15) is 0 Å². The van der Waals surface area contributed by atoms with Crippen LogP contribution in [-0.2, 0) is 4.74 Å². The van der Waals surface area contributed by atoms with Crippen LogP contribution < -0.4 is 0 Å². The second-order valence-corrected chi connectivity index (χ2v) is 2.78. The van der Waals surface area contributed by atoms with Gasteiger partial charge in [0, 0.05) is 13.7 Å². The highest BCUT2D eigenvalue weighted by Gasteiger charge is 1.98. The first kappa shape index (κ1) is 14.7. The lowest BCUT2D eigenvalue weighted by Crippen LogP contribution is -2.28. The average Bonchev–Trinajstić information content (AvgIpc) is 2.05. The molecule has 0 aliphatic rings. The van der Waals surface area contributed by atoms with Gasteiger partial charge in [-0.15, -0.1) is 12.4 Å². The van der Waals surface area contributed by atoms with Crippen molar-refractivity contribution in [3.05, 3.63) is 0 Å². The summed E-state index contributed by atoms with van der Waals surface area (Å²) in [6.45, 7) is 8.72. The lowest BCUT2D eigenvalue weighted by atomic mass is 10.3. The van der Waals surface area contributed by atoms with Gasteiger partial charge in [-0.3, -0.25) is 0 Å². The van der Waals surface area contributed by atoms with Crippen LogP contribution in [0.4, 0.5) is 0 Å². The van der Waals surface area contributed by atoms with Gasteiger partial charge in [0.1, 0.15) is 0 Å². The molecular weight excluding hydrogens is 174 g/mol. The minimum absolute atomic E-state index is 0. The first-order valence-corrected chi connectivity index (χ1v) is 4.56. The molecular formula is C9H22ClNO. The second kappa shape index (κ2) is 11.2. The molecule has 0 unspecified atom stereocenters. The quantitative estimate of drug-likeness (QED) is 0.618. The molecule has 0 N–H and O–H groups in total. The molecule has 0 saturated carbocycles. The Morgan fingerprint density at radius 2 is 1.83 bits per heavy atom. The standard InChI is InChI=1S/C9H21NO.ClH/c1-4-6-7-10(5-2)8-9-11-3;/h4-9H2,1-3H3;1H. The second-order valence-electron chi connectivity index (χ2n) is 2.78. The van der Waals surface area contributed by atoms with E-state index in [0.29, 0.717) is 0 Å². The maximum absolute atomic E-state index is 5.01. The van der Waals surface area contributed by atoms with Crippen LogP contribution in [0.1, 0.15) is 26.7 Å². The minimum Gasteiger partial charge on any atom is -0.383 e. The summed E-state index contributed by atoms with van der Waals surface area (Å²) >= 11 is 0. The van der Waals surface area contributed by atoms with Gasteiger partial charge in [-0.05, 0) is 19.5 Å². The van der Waals surface area contributed by atoms with Crippen molar-refractivity contribution in [1.82, 2.24) is 4.90 Å². The SMILES string of the molecule is CCCCN(CC)CCOC.Cl. The number of ether oxygens (including phenoxy) is 1. The highest BCUT2D eigenvalue weighted by Crippen LogP contribution is 1.93. The smallest absolute Gasteiger partial charge is 0.0589 e. The fourth-order valence-electron chi connectivity index (χ4n) is 1.03. The highest BCUT2D eigenvalue weighted by atomic mass is 35.5. The third-order valence-electron chi connectivity index (χ3n) is 1.89. The van der Waals surface area contributed by atoms with E-state index in [1.165, 1.54) is 19.4 Å². The van der Waals surface area contributed by atoms with Crippen molar-refractivity contribution >= 4 is 12.4 Å². The van der Waals surface area contributed by atoms with E-state index in [1.54, 1.807) is 7.11 Å². The van der Waals surface area contributed by atoms with E-state index >= 15 is 0 Å².